The average Bonchev–Trinajstić information content (AvgIpc) is 2.38. The second kappa shape index (κ2) is 5.42. The van der Waals surface area contributed by atoms with Gasteiger partial charge in [0.15, 0.2) is 0 Å². The van der Waals surface area contributed by atoms with Crippen molar-refractivity contribution in [2.45, 2.75) is 0 Å². The number of Topliss-reactive ketones (excluding diaryl/α,β-unsaturated/α-hetero) is 1. The molecule has 0 N–H and O–H groups in total. The predicted molar refractivity (Wildman–Crippen MR) is 65.9 cm³/mol. The molecule has 1 saturated heterocycles. The summed E-state index contributed by atoms with van der Waals surface area (Å²) in [4.78, 5) is 25.4. The number of ketones is 1. The first-order valence-corrected chi connectivity index (χ1v) is 6.15. The molecule has 0 aliphatic carbocycles. The van der Waals surface area contributed by atoms with E-state index in [0.29, 0.717) is 31.9 Å². The van der Waals surface area contributed by atoms with Crippen molar-refractivity contribution >= 4 is 27.6 Å². The zero-order valence-electron chi connectivity index (χ0n) is 9.19. The highest BCUT2D eigenvalue weighted by Gasteiger charge is 2.24. The maximum atomic E-state index is 11.9. The summed E-state index contributed by atoms with van der Waals surface area (Å²) in [6.45, 7) is 1.96. The molecule has 0 aromatic heterocycles. The lowest BCUT2D eigenvalue weighted by molar-refractivity contribution is -0.130. The van der Waals surface area contributed by atoms with E-state index in [1.54, 1.807) is 18.2 Å². The van der Waals surface area contributed by atoms with Crippen LogP contribution in [0.15, 0.2) is 28.7 Å². The highest BCUT2D eigenvalue weighted by atomic mass is 79.9. The number of ether oxygens (including phenoxy) is 1. The van der Waals surface area contributed by atoms with Crippen molar-refractivity contribution in [1.82, 2.24) is 4.90 Å². The highest BCUT2D eigenvalue weighted by molar-refractivity contribution is 9.10. The third-order valence-corrected chi connectivity index (χ3v) is 3.07. The fourth-order valence-corrected chi connectivity index (χ4v) is 2.06. The van der Waals surface area contributed by atoms with Crippen molar-refractivity contribution in [3.8, 4) is 0 Å². The molecule has 17 heavy (non-hydrogen) atoms. The molecule has 1 aromatic carbocycles. The summed E-state index contributed by atoms with van der Waals surface area (Å²) in [5.41, 5.74) is 0.413. The maximum Gasteiger partial charge on any atom is 0.295 e. The second-order valence-corrected chi connectivity index (χ2v) is 4.66. The number of halogens is 1. The van der Waals surface area contributed by atoms with Gasteiger partial charge in [-0.05, 0) is 12.1 Å². The largest absolute Gasteiger partial charge is 0.378 e. The van der Waals surface area contributed by atoms with Gasteiger partial charge in [0.05, 0.1) is 13.2 Å². The van der Waals surface area contributed by atoms with E-state index >= 15 is 0 Å². The van der Waals surface area contributed by atoms with Crippen LogP contribution in [0.1, 0.15) is 10.4 Å². The molecule has 4 nitrogen and oxygen atoms in total. The monoisotopic (exact) mass is 297 g/mol. The van der Waals surface area contributed by atoms with E-state index in [1.807, 2.05) is 6.07 Å². The number of nitrogens with zero attached hydrogens (tertiary/aromatic N) is 1. The Hall–Kier alpha value is -1.20. The molecule has 0 spiro atoms. The van der Waals surface area contributed by atoms with Crippen LogP contribution in [0.5, 0.6) is 0 Å². The number of carbonyl (C=O) groups excluding carboxylic acids is 2. The number of rotatable bonds is 2. The van der Waals surface area contributed by atoms with Crippen LogP contribution in [-0.2, 0) is 9.53 Å². The van der Waals surface area contributed by atoms with Gasteiger partial charge in [-0.2, -0.15) is 0 Å². The van der Waals surface area contributed by atoms with Gasteiger partial charge in [-0.15, -0.1) is 0 Å². The van der Waals surface area contributed by atoms with Crippen LogP contribution < -0.4 is 0 Å². The zero-order chi connectivity index (χ0) is 12.3. The molecule has 1 aromatic rings. The summed E-state index contributed by atoms with van der Waals surface area (Å²) < 4.78 is 5.93. The molecule has 0 radical (unpaired) electrons. The van der Waals surface area contributed by atoms with E-state index in [2.05, 4.69) is 15.9 Å². The number of morpholine rings is 1. The number of amides is 1. The van der Waals surface area contributed by atoms with E-state index in [4.69, 9.17) is 4.74 Å². The Balaban J connectivity index is 2.11. The Labute approximate surface area is 108 Å². The molecule has 1 fully saturated rings. The summed E-state index contributed by atoms with van der Waals surface area (Å²) in [7, 11) is 0. The standard InChI is InChI=1S/C12H12BrNO3/c13-10-3-1-2-9(8-10)11(15)12(16)14-4-6-17-7-5-14/h1-3,8H,4-7H2. The summed E-state index contributed by atoms with van der Waals surface area (Å²) in [6.07, 6.45) is 0. The first kappa shape index (κ1) is 12.3. The lowest BCUT2D eigenvalue weighted by Crippen LogP contribution is -2.44. The van der Waals surface area contributed by atoms with Crippen LogP contribution in [0.2, 0.25) is 0 Å². The van der Waals surface area contributed by atoms with Crippen LogP contribution in [0.3, 0.4) is 0 Å². The van der Waals surface area contributed by atoms with Gasteiger partial charge in [0, 0.05) is 23.1 Å². The van der Waals surface area contributed by atoms with E-state index in [9.17, 15) is 9.59 Å². The molecule has 0 bridgehead atoms. The maximum absolute atomic E-state index is 11.9. The van der Waals surface area contributed by atoms with E-state index in [0.717, 1.165) is 4.47 Å². The third-order valence-electron chi connectivity index (χ3n) is 2.58. The van der Waals surface area contributed by atoms with Crippen molar-refractivity contribution in [2.24, 2.45) is 0 Å². The van der Waals surface area contributed by atoms with Gasteiger partial charge in [0.25, 0.3) is 5.91 Å². The minimum Gasteiger partial charge on any atom is -0.378 e. The molecular formula is C12H12BrNO3. The molecule has 1 amide bonds. The average molecular weight is 298 g/mol. The van der Waals surface area contributed by atoms with Gasteiger partial charge in [-0.3, -0.25) is 9.59 Å². The molecule has 0 saturated carbocycles. The molecule has 2 rings (SSSR count). The fourth-order valence-electron chi connectivity index (χ4n) is 1.66. The molecule has 1 heterocycles. The lowest BCUT2D eigenvalue weighted by atomic mass is 10.1. The van der Waals surface area contributed by atoms with E-state index in [-0.39, 0.29) is 0 Å². The molecule has 90 valence electrons. The summed E-state index contributed by atoms with van der Waals surface area (Å²) in [5, 5.41) is 0. The fraction of sp³-hybridized carbons (Fsp3) is 0.333. The lowest BCUT2D eigenvalue weighted by Gasteiger charge is -2.26. The first-order valence-electron chi connectivity index (χ1n) is 5.35. The van der Waals surface area contributed by atoms with Crippen LogP contribution in [0, 0.1) is 0 Å². The van der Waals surface area contributed by atoms with Gasteiger partial charge >= 0.3 is 0 Å². The summed E-state index contributed by atoms with van der Waals surface area (Å²) in [6, 6.07) is 6.85. The minimum atomic E-state index is -0.465. The smallest absolute Gasteiger partial charge is 0.295 e. The van der Waals surface area contributed by atoms with Gasteiger partial charge in [-0.25, -0.2) is 0 Å². The van der Waals surface area contributed by atoms with Crippen LogP contribution in [-0.4, -0.2) is 42.9 Å². The van der Waals surface area contributed by atoms with Crippen LogP contribution >= 0.6 is 15.9 Å². The van der Waals surface area contributed by atoms with Crippen molar-refractivity contribution < 1.29 is 14.3 Å². The molecular weight excluding hydrogens is 286 g/mol. The van der Waals surface area contributed by atoms with E-state index < -0.39 is 11.7 Å². The summed E-state index contributed by atoms with van der Waals surface area (Å²) >= 11 is 3.28. The number of hydrogen-bond donors (Lipinski definition) is 0. The van der Waals surface area contributed by atoms with Crippen LogP contribution in [0.4, 0.5) is 0 Å². The minimum absolute atomic E-state index is 0.413. The number of hydrogen-bond acceptors (Lipinski definition) is 3. The molecule has 5 heteroatoms. The molecule has 1 aliphatic heterocycles. The molecule has 0 unspecified atom stereocenters. The first-order chi connectivity index (χ1) is 8.18. The normalized spacial score (nSPS) is 15.7. The van der Waals surface area contributed by atoms with Gasteiger partial charge < -0.3 is 9.64 Å². The molecule has 1 aliphatic rings. The third kappa shape index (κ3) is 2.92. The van der Waals surface area contributed by atoms with Crippen molar-refractivity contribution in [1.29, 1.82) is 0 Å². The second-order valence-electron chi connectivity index (χ2n) is 3.74. The molecule has 0 atom stereocenters. The highest BCUT2D eigenvalue weighted by Crippen LogP contribution is 2.13. The topological polar surface area (TPSA) is 46.6 Å². The van der Waals surface area contributed by atoms with Gasteiger partial charge in [0.2, 0.25) is 5.78 Å². The Morgan fingerprint density at radius 1 is 1.24 bits per heavy atom. The van der Waals surface area contributed by atoms with Crippen molar-refractivity contribution in [3.63, 3.8) is 0 Å². The SMILES string of the molecule is O=C(C(=O)N1CCOCC1)c1cccc(Br)c1. The van der Waals surface area contributed by atoms with Crippen LogP contribution in [0.25, 0.3) is 0 Å². The quantitative estimate of drug-likeness (QED) is 0.614. The number of carbonyl (C=O) groups is 2. The Bertz CT molecular complexity index is 441. The van der Waals surface area contributed by atoms with Gasteiger partial charge in [0.1, 0.15) is 0 Å². The van der Waals surface area contributed by atoms with Crippen molar-refractivity contribution in [3.05, 3.63) is 34.3 Å². The zero-order valence-corrected chi connectivity index (χ0v) is 10.8. The predicted octanol–water partition coefficient (Wildman–Crippen LogP) is 1.49. The Morgan fingerprint density at radius 3 is 2.59 bits per heavy atom. The van der Waals surface area contributed by atoms with Crippen molar-refractivity contribution in [2.75, 3.05) is 26.3 Å². The Kier molecular flexibility index (Phi) is 3.91. The Morgan fingerprint density at radius 2 is 1.94 bits per heavy atom. The van der Waals surface area contributed by atoms with E-state index in [1.165, 1.54) is 4.90 Å². The van der Waals surface area contributed by atoms with Gasteiger partial charge in [-0.1, -0.05) is 28.1 Å². The number of benzene rings is 1. The summed E-state index contributed by atoms with van der Waals surface area (Å²) in [5.74, 6) is -0.917.